The fourth-order valence-electron chi connectivity index (χ4n) is 43.4. The predicted molar refractivity (Wildman–Crippen MR) is 470 cm³/mol. The molecule has 29 aliphatic rings. The summed E-state index contributed by atoms with van der Waals surface area (Å²) in [5.41, 5.74) is -0.0381. The molecule has 28 aliphatic carbocycles. The maximum absolute atomic E-state index is 13.4. The quantitative estimate of drug-likeness (QED) is 0.0660. The van der Waals surface area contributed by atoms with Crippen molar-refractivity contribution in [3.05, 3.63) is 0 Å². The van der Waals surface area contributed by atoms with E-state index in [-0.39, 0.29) is 71.3 Å². The molecule has 48 unspecified atom stereocenters. The lowest BCUT2D eigenvalue weighted by molar-refractivity contribution is -0.195. The third kappa shape index (κ3) is 13.4. The van der Waals surface area contributed by atoms with E-state index >= 15 is 0 Å². The third-order valence-electron chi connectivity index (χ3n) is 47.4. The lowest BCUT2D eigenvalue weighted by atomic mass is 9.54. The largest absolute Gasteiger partial charge is 0.462 e. The van der Waals surface area contributed by atoms with Crippen LogP contribution in [0.25, 0.3) is 0 Å². The van der Waals surface area contributed by atoms with Crippen molar-refractivity contribution in [2.24, 2.45) is 314 Å². The van der Waals surface area contributed by atoms with Crippen molar-refractivity contribution >= 4 is 29.8 Å². The Bertz CT molecular complexity index is 3890. The molecule has 13 heteroatoms. The molecule has 13 nitrogen and oxygen atoms in total. The Morgan fingerprint density at radius 2 is 0.610 bits per heavy atom. The normalized spacial score (nSPS) is 58.0. The molecule has 0 aromatic heterocycles. The second-order valence-electron chi connectivity index (χ2n) is 52.0. The molecule has 29 fully saturated rings. The molecular formula is C110H166O13. The Balaban J connectivity index is 0.0000000893. The highest BCUT2D eigenvalue weighted by Crippen LogP contribution is 2.78. The highest BCUT2D eigenvalue weighted by Gasteiger charge is 2.74. The molecule has 0 radical (unpaired) electrons. The van der Waals surface area contributed by atoms with Crippen molar-refractivity contribution in [1.82, 2.24) is 0 Å². The fraction of sp³-hybridized carbons (Fsp3) is 0.955. The monoisotopic (exact) mass is 1700 g/mol. The number of carbonyl (C=O) groups is 5. The minimum Gasteiger partial charge on any atom is -0.462 e. The molecule has 48 atom stereocenters. The Hall–Kier alpha value is -2.77. The van der Waals surface area contributed by atoms with E-state index in [1.807, 2.05) is 20.8 Å². The van der Waals surface area contributed by atoms with E-state index < -0.39 is 12.6 Å². The number of hydrogen-bond acceptors (Lipinski definition) is 13. The van der Waals surface area contributed by atoms with Gasteiger partial charge < -0.3 is 37.9 Å². The summed E-state index contributed by atoms with van der Waals surface area (Å²) in [6.45, 7) is 36.6. The van der Waals surface area contributed by atoms with Gasteiger partial charge in [0.25, 0.3) is 0 Å². The van der Waals surface area contributed by atoms with Gasteiger partial charge in [-0.2, -0.15) is 0 Å². The second kappa shape index (κ2) is 31.7. The van der Waals surface area contributed by atoms with Crippen LogP contribution in [0.1, 0.15) is 290 Å². The Labute approximate surface area is 741 Å². The maximum atomic E-state index is 13.4. The second-order valence-corrected chi connectivity index (χ2v) is 52.0. The van der Waals surface area contributed by atoms with Gasteiger partial charge in [0.05, 0.1) is 42.8 Å². The summed E-state index contributed by atoms with van der Waals surface area (Å²) in [6.07, 6.45) is 36.5. The van der Waals surface area contributed by atoms with Crippen LogP contribution in [-0.4, -0.2) is 80.2 Å². The molecule has 123 heavy (non-hydrogen) atoms. The molecule has 684 valence electrons. The van der Waals surface area contributed by atoms with Crippen LogP contribution in [0.5, 0.6) is 0 Å². The Morgan fingerprint density at radius 3 is 0.927 bits per heavy atom. The first kappa shape index (κ1) is 84.5. The summed E-state index contributed by atoms with van der Waals surface area (Å²) in [5, 5.41) is 0. The molecule has 28 bridgehead atoms. The first-order valence-electron chi connectivity index (χ1n) is 54.0. The fourth-order valence-corrected chi connectivity index (χ4v) is 43.4. The van der Waals surface area contributed by atoms with E-state index in [2.05, 4.69) is 83.1 Å². The minimum atomic E-state index is -0.409. The third-order valence-corrected chi connectivity index (χ3v) is 47.4. The number of ether oxygens (including phenoxy) is 8. The topological polar surface area (TPSA) is 159 Å². The Kier molecular flexibility index (Phi) is 21.8. The molecule has 1 aliphatic heterocycles. The lowest BCUT2D eigenvalue weighted by Crippen LogP contribution is -2.53. The summed E-state index contributed by atoms with van der Waals surface area (Å²) in [5.74, 6) is 42.2. The average Bonchev–Trinajstić information content (AvgIpc) is 1.57. The van der Waals surface area contributed by atoms with Crippen LogP contribution in [0.15, 0.2) is 0 Å². The molecule has 28 saturated carbocycles. The van der Waals surface area contributed by atoms with Crippen molar-refractivity contribution in [1.29, 1.82) is 0 Å². The number of esters is 5. The molecule has 1 saturated heterocycles. The van der Waals surface area contributed by atoms with Gasteiger partial charge >= 0.3 is 29.8 Å². The molecule has 0 spiro atoms. The van der Waals surface area contributed by atoms with Crippen molar-refractivity contribution in [3.63, 3.8) is 0 Å². The number of rotatable bonds is 15. The predicted octanol–water partition coefficient (Wildman–Crippen LogP) is 22.4. The van der Waals surface area contributed by atoms with E-state index in [1.54, 1.807) is 0 Å². The van der Waals surface area contributed by atoms with E-state index in [0.717, 1.165) is 282 Å². The van der Waals surface area contributed by atoms with Gasteiger partial charge in [0.2, 0.25) is 6.29 Å². The summed E-state index contributed by atoms with van der Waals surface area (Å²) in [7, 11) is 0. The molecule has 0 aromatic carbocycles. The number of carbonyl (C=O) groups excluding carboxylic acids is 5. The molecule has 0 N–H and O–H groups in total. The molecule has 29 rings (SSSR count). The van der Waals surface area contributed by atoms with Gasteiger partial charge in [0.1, 0.15) is 11.7 Å². The summed E-state index contributed by atoms with van der Waals surface area (Å²) < 4.78 is 46.5. The summed E-state index contributed by atoms with van der Waals surface area (Å²) >= 11 is 0. The summed E-state index contributed by atoms with van der Waals surface area (Å²) in [6, 6.07) is 0. The van der Waals surface area contributed by atoms with Crippen molar-refractivity contribution < 1.29 is 61.9 Å². The van der Waals surface area contributed by atoms with Gasteiger partial charge in [-0.3, -0.25) is 24.0 Å². The molecular weight excluding hydrogens is 1530 g/mol. The molecule has 0 amide bonds. The highest BCUT2D eigenvalue weighted by molar-refractivity contribution is 5.76. The number of fused-ring (bicyclic) bond motifs is 45. The lowest BCUT2D eigenvalue weighted by Gasteiger charge is -2.56. The van der Waals surface area contributed by atoms with Crippen molar-refractivity contribution in [2.75, 3.05) is 19.8 Å². The van der Waals surface area contributed by atoms with Gasteiger partial charge in [-0.25, -0.2) is 0 Å². The van der Waals surface area contributed by atoms with Crippen LogP contribution in [-0.2, 0) is 61.9 Å². The van der Waals surface area contributed by atoms with Crippen LogP contribution < -0.4 is 0 Å². The molecule has 0 aromatic rings. The highest BCUT2D eigenvalue weighted by atomic mass is 16.7. The SMILES string of the molecule is CC(C)COC(C)OC(=O)C1CC2CC1C1C3CC(C(C)C3C)C21.CC1C(C)C2CC1C1C3CC(C(=O)OC45CC6CC(CC(C6)C4)C5)C(C3)C21.CC1C(C)C2CC1C1C3CC(C(=O)OC4C5CC6CC(C5)CC4C6)C(C3)C21.CC1C(C)C2CC1C1C3CC(C(=O)OC4CCCCO4)C(C3)C21.CCOC(C)OC(=O)C1CC2CC1C1C3CC(C(C)C3C)C21. The zero-order valence-corrected chi connectivity index (χ0v) is 78.8. The zero-order chi connectivity index (χ0) is 84.6. The molecule has 1 heterocycles. The first-order chi connectivity index (χ1) is 59.1. The van der Waals surface area contributed by atoms with E-state index in [1.165, 1.54) is 148 Å². The van der Waals surface area contributed by atoms with Crippen LogP contribution in [0.3, 0.4) is 0 Å². The van der Waals surface area contributed by atoms with Gasteiger partial charge in [0.15, 0.2) is 12.6 Å². The van der Waals surface area contributed by atoms with Crippen molar-refractivity contribution in [3.8, 4) is 0 Å². The van der Waals surface area contributed by atoms with E-state index in [9.17, 15) is 24.0 Å². The van der Waals surface area contributed by atoms with Crippen molar-refractivity contribution in [2.45, 2.75) is 321 Å². The van der Waals surface area contributed by atoms with Crippen LogP contribution in [0, 0.1) is 314 Å². The maximum Gasteiger partial charge on any atom is 0.311 e. The standard InChI is InChI=1S/2C25H36O2.C21H34O3.C20H30O3.C19H30O3/c1-12-13(2)19-8-18(12)22-17-6-20(23(19)22)21(7-17)24(26)27-25-9-14-3-15(10-25)5-16(4-14)11-25;1-11-12(2)19-10-18(11)22-15-8-20(23(19)22)21(9-15)25(26)27-24-16-4-13-3-14(6-16)7-17(24)5-13;1-10(2)9-23-13(5)24-21(22)18-7-14-6-17(18)20-16-8-15(19(14)20)11(3)12(16)4;1-10-11(2)14-9-13(10)18-12-7-15(19(14)18)16(8-12)20(21)23-17-5-3-4-6-22-17;1-5-21-11(4)22-19(20)16-7-12-6-15(16)18-14-8-13(17(12)18)9(2)10(14)3/h12-23H,3-11H2,1-2H3;11-24H,3-10H2,1-2H3;10-20H,6-9H2,1-5H3;10-19H,3-9H2,1-2H3;9-18H,5-8H2,1-4H3. The van der Waals surface area contributed by atoms with Crippen LogP contribution >= 0.6 is 0 Å². The van der Waals surface area contributed by atoms with Crippen LogP contribution in [0.2, 0.25) is 0 Å². The smallest absolute Gasteiger partial charge is 0.311 e. The average molecular weight is 1700 g/mol. The van der Waals surface area contributed by atoms with Gasteiger partial charge in [-0.15, -0.1) is 0 Å². The first-order valence-corrected chi connectivity index (χ1v) is 54.0. The van der Waals surface area contributed by atoms with Gasteiger partial charge in [-0.05, 0) is 485 Å². The van der Waals surface area contributed by atoms with Crippen LogP contribution in [0.4, 0.5) is 0 Å². The number of hydrogen-bond donors (Lipinski definition) is 0. The van der Waals surface area contributed by atoms with E-state index in [4.69, 9.17) is 37.9 Å². The van der Waals surface area contributed by atoms with E-state index in [0.29, 0.717) is 66.7 Å². The summed E-state index contributed by atoms with van der Waals surface area (Å²) in [4.78, 5) is 64.8. The zero-order valence-electron chi connectivity index (χ0n) is 78.8. The Morgan fingerprint density at radius 1 is 0.309 bits per heavy atom. The minimum absolute atomic E-state index is 0.00961. The van der Waals surface area contributed by atoms with Gasteiger partial charge in [-0.1, -0.05) is 83.1 Å². The van der Waals surface area contributed by atoms with Gasteiger partial charge in [0, 0.05) is 13.0 Å².